The minimum atomic E-state index is 0.159. The molecule has 0 aliphatic rings. The molecule has 0 aliphatic heterocycles. The van der Waals surface area contributed by atoms with E-state index in [0.29, 0.717) is 6.42 Å². The molecule has 1 amide bonds. The van der Waals surface area contributed by atoms with E-state index in [1.54, 1.807) is 0 Å². The van der Waals surface area contributed by atoms with Crippen molar-refractivity contribution in [2.45, 2.75) is 46.6 Å². The quantitative estimate of drug-likeness (QED) is 0.738. The highest BCUT2D eigenvalue weighted by Crippen LogP contribution is 1.91. The Hall–Kier alpha value is -0.570. The van der Waals surface area contributed by atoms with E-state index in [4.69, 9.17) is 0 Å². The molecule has 0 heterocycles. The number of hydrogen-bond donors (Lipinski definition) is 1. The fraction of sp³-hybridized carbons (Fsp3) is 0.909. The fourth-order valence-corrected chi connectivity index (χ4v) is 0.950. The van der Waals surface area contributed by atoms with E-state index in [2.05, 4.69) is 10.2 Å². The third-order valence-corrected chi connectivity index (χ3v) is 1.46. The maximum absolute atomic E-state index is 11.1. The van der Waals surface area contributed by atoms with Crippen LogP contribution in [0.15, 0.2) is 0 Å². The first-order valence-corrected chi connectivity index (χ1v) is 5.46. The van der Waals surface area contributed by atoms with Gasteiger partial charge in [-0.15, -0.1) is 0 Å². The first-order valence-electron chi connectivity index (χ1n) is 5.46. The molecule has 0 bridgehead atoms. The van der Waals surface area contributed by atoms with Crippen LogP contribution < -0.4 is 5.32 Å². The predicted molar refractivity (Wildman–Crippen MR) is 62.4 cm³/mol. The van der Waals surface area contributed by atoms with Crippen LogP contribution in [0, 0.1) is 0 Å². The van der Waals surface area contributed by atoms with Crippen molar-refractivity contribution >= 4 is 5.91 Å². The highest BCUT2D eigenvalue weighted by atomic mass is 16.1. The van der Waals surface area contributed by atoms with Crippen LogP contribution in [-0.4, -0.2) is 37.5 Å². The van der Waals surface area contributed by atoms with Crippen molar-refractivity contribution in [1.82, 2.24) is 10.2 Å². The van der Waals surface area contributed by atoms with Gasteiger partial charge in [0, 0.05) is 12.5 Å². The molecule has 3 heteroatoms. The normalized spacial score (nSPS) is 9.71. The van der Waals surface area contributed by atoms with Crippen LogP contribution in [0.1, 0.15) is 40.5 Å². The van der Waals surface area contributed by atoms with E-state index in [1.165, 1.54) is 0 Å². The SMILES string of the molecule is CC.CC(C)NC(=O)CCCN(C)C. The number of rotatable bonds is 5. The molecule has 0 unspecified atom stereocenters. The van der Waals surface area contributed by atoms with E-state index in [0.717, 1.165) is 13.0 Å². The molecule has 0 radical (unpaired) electrons. The monoisotopic (exact) mass is 202 g/mol. The number of carbonyl (C=O) groups is 1. The summed E-state index contributed by atoms with van der Waals surface area (Å²) in [5, 5.41) is 2.86. The zero-order valence-electron chi connectivity index (χ0n) is 10.6. The van der Waals surface area contributed by atoms with Crippen molar-refractivity contribution in [1.29, 1.82) is 0 Å². The number of hydrogen-bond acceptors (Lipinski definition) is 2. The fourth-order valence-electron chi connectivity index (χ4n) is 0.950. The lowest BCUT2D eigenvalue weighted by Gasteiger charge is -2.10. The predicted octanol–water partition coefficient (Wildman–Crippen LogP) is 1.88. The van der Waals surface area contributed by atoms with Crippen LogP contribution in [0.3, 0.4) is 0 Å². The standard InChI is InChI=1S/C9H20N2O.C2H6/c1-8(2)10-9(12)6-5-7-11(3)4;1-2/h8H,5-7H2,1-4H3,(H,10,12);1-2H3. The summed E-state index contributed by atoms with van der Waals surface area (Å²) in [4.78, 5) is 13.2. The van der Waals surface area contributed by atoms with Crippen LogP contribution in [0.4, 0.5) is 0 Å². The summed E-state index contributed by atoms with van der Waals surface area (Å²) < 4.78 is 0. The lowest BCUT2D eigenvalue weighted by Crippen LogP contribution is -2.30. The maximum atomic E-state index is 11.1. The molecule has 1 N–H and O–H groups in total. The van der Waals surface area contributed by atoms with Crippen molar-refractivity contribution in [2.24, 2.45) is 0 Å². The molecule has 0 aromatic heterocycles. The molecular weight excluding hydrogens is 176 g/mol. The Morgan fingerprint density at radius 1 is 1.29 bits per heavy atom. The summed E-state index contributed by atoms with van der Waals surface area (Å²) in [6.45, 7) is 8.93. The minimum Gasteiger partial charge on any atom is -0.354 e. The Labute approximate surface area is 88.9 Å². The topological polar surface area (TPSA) is 32.3 Å². The molecule has 0 aliphatic carbocycles. The van der Waals surface area contributed by atoms with Crippen molar-refractivity contribution in [3.63, 3.8) is 0 Å². The van der Waals surface area contributed by atoms with E-state index >= 15 is 0 Å². The summed E-state index contributed by atoms with van der Waals surface area (Å²) in [7, 11) is 4.03. The maximum Gasteiger partial charge on any atom is 0.220 e. The zero-order valence-corrected chi connectivity index (χ0v) is 10.6. The third-order valence-electron chi connectivity index (χ3n) is 1.46. The summed E-state index contributed by atoms with van der Waals surface area (Å²) in [5.41, 5.74) is 0. The second kappa shape index (κ2) is 10.5. The van der Waals surface area contributed by atoms with Crippen LogP contribution in [-0.2, 0) is 4.79 Å². The Bertz CT molecular complexity index is 133. The number of nitrogens with zero attached hydrogens (tertiary/aromatic N) is 1. The average molecular weight is 202 g/mol. The van der Waals surface area contributed by atoms with Gasteiger partial charge in [0.1, 0.15) is 0 Å². The molecule has 86 valence electrons. The van der Waals surface area contributed by atoms with Gasteiger partial charge in [0.15, 0.2) is 0 Å². The van der Waals surface area contributed by atoms with Gasteiger partial charge in [-0.3, -0.25) is 4.79 Å². The minimum absolute atomic E-state index is 0.159. The highest BCUT2D eigenvalue weighted by Gasteiger charge is 2.02. The van der Waals surface area contributed by atoms with Gasteiger partial charge in [0.2, 0.25) is 5.91 Å². The molecular formula is C11H26N2O. The Kier molecular flexibility index (Phi) is 11.9. The van der Waals surface area contributed by atoms with E-state index in [-0.39, 0.29) is 11.9 Å². The lowest BCUT2D eigenvalue weighted by atomic mass is 10.2. The number of nitrogens with one attached hydrogen (secondary N) is 1. The molecule has 0 aromatic carbocycles. The second-order valence-corrected chi connectivity index (χ2v) is 3.63. The molecule has 3 nitrogen and oxygen atoms in total. The van der Waals surface area contributed by atoms with Crippen LogP contribution in [0.2, 0.25) is 0 Å². The highest BCUT2D eigenvalue weighted by molar-refractivity contribution is 5.76. The summed E-state index contributed by atoms with van der Waals surface area (Å²) in [6, 6.07) is 0.261. The summed E-state index contributed by atoms with van der Waals surface area (Å²) in [5.74, 6) is 0.159. The summed E-state index contributed by atoms with van der Waals surface area (Å²) >= 11 is 0. The smallest absolute Gasteiger partial charge is 0.220 e. The number of carbonyl (C=O) groups excluding carboxylic acids is 1. The van der Waals surface area contributed by atoms with Gasteiger partial charge in [-0.1, -0.05) is 13.8 Å². The molecule has 0 saturated heterocycles. The Balaban J connectivity index is 0. The van der Waals surface area contributed by atoms with Gasteiger partial charge in [-0.05, 0) is 40.9 Å². The van der Waals surface area contributed by atoms with Crippen molar-refractivity contribution in [3.05, 3.63) is 0 Å². The zero-order chi connectivity index (χ0) is 11.6. The first-order chi connectivity index (χ1) is 6.52. The molecule has 0 spiro atoms. The molecule has 0 saturated carbocycles. The van der Waals surface area contributed by atoms with E-state index < -0.39 is 0 Å². The van der Waals surface area contributed by atoms with Crippen LogP contribution >= 0.6 is 0 Å². The molecule has 0 rings (SSSR count). The van der Waals surface area contributed by atoms with Crippen LogP contribution in [0.5, 0.6) is 0 Å². The molecule has 0 aromatic rings. The van der Waals surface area contributed by atoms with Gasteiger partial charge in [-0.2, -0.15) is 0 Å². The number of amides is 1. The van der Waals surface area contributed by atoms with Gasteiger partial charge >= 0.3 is 0 Å². The second-order valence-electron chi connectivity index (χ2n) is 3.63. The van der Waals surface area contributed by atoms with E-state index in [1.807, 2.05) is 41.8 Å². The summed E-state index contributed by atoms with van der Waals surface area (Å²) in [6.07, 6.45) is 1.57. The largest absolute Gasteiger partial charge is 0.354 e. The van der Waals surface area contributed by atoms with Gasteiger partial charge < -0.3 is 10.2 Å². The molecule has 14 heavy (non-hydrogen) atoms. The average Bonchev–Trinajstić information content (AvgIpc) is 2.05. The van der Waals surface area contributed by atoms with Gasteiger partial charge in [0.05, 0.1) is 0 Å². The Morgan fingerprint density at radius 2 is 1.79 bits per heavy atom. The van der Waals surface area contributed by atoms with Crippen molar-refractivity contribution in [3.8, 4) is 0 Å². The van der Waals surface area contributed by atoms with Crippen molar-refractivity contribution < 1.29 is 4.79 Å². The van der Waals surface area contributed by atoms with Crippen LogP contribution in [0.25, 0.3) is 0 Å². The van der Waals surface area contributed by atoms with Gasteiger partial charge in [0.25, 0.3) is 0 Å². The van der Waals surface area contributed by atoms with Gasteiger partial charge in [-0.25, -0.2) is 0 Å². The van der Waals surface area contributed by atoms with E-state index in [9.17, 15) is 4.79 Å². The Morgan fingerprint density at radius 3 is 2.14 bits per heavy atom. The first kappa shape index (κ1) is 15.9. The van der Waals surface area contributed by atoms with Crippen molar-refractivity contribution in [2.75, 3.05) is 20.6 Å². The molecule has 0 atom stereocenters. The lowest BCUT2D eigenvalue weighted by molar-refractivity contribution is -0.121. The third kappa shape index (κ3) is 14.0. The molecule has 0 fully saturated rings.